The molecule has 0 spiro atoms. The van der Waals surface area contributed by atoms with Crippen molar-refractivity contribution in [2.45, 2.75) is 20.0 Å². The average molecular weight is 281 g/mol. The predicted molar refractivity (Wildman–Crippen MR) is 70.8 cm³/mol. The SMILES string of the molecule is CCc1cc(OCc2cc(C(=O)O)co2)ccc1Cl. The van der Waals surface area contributed by atoms with Gasteiger partial charge in [0.05, 0.1) is 5.56 Å². The number of hydrogen-bond acceptors (Lipinski definition) is 3. The normalized spacial score (nSPS) is 10.4. The van der Waals surface area contributed by atoms with Gasteiger partial charge in [-0.2, -0.15) is 0 Å². The number of hydrogen-bond donors (Lipinski definition) is 1. The van der Waals surface area contributed by atoms with Crippen LogP contribution in [0.5, 0.6) is 5.75 Å². The van der Waals surface area contributed by atoms with E-state index in [2.05, 4.69) is 0 Å². The second-order valence-corrected chi connectivity index (χ2v) is 4.41. The van der Waals surface area contributed by atoms with E-state index >= 15 is 0 Å². The fraction of sp³-hybridized carbons (Fsp3) is 0.214. The second-order valence-electron chi connectivity index (χ2n) is 4.00. The van der Waals surface area contributed by atoms with E-state index in [4.69, 9.17) is 25.9 Å². The summed E-state index contributed by atoms with van der Waals surface area (Å²) < 4.78 is 10.6. The minimum atomic E-state index is -1.02. The maximum Gasteiger partial charge on any atom is 0.338 e. The lowest BCUT2D eigenvalue weighted by Gasteiger charge is -2.07. The van der Waals surface area contributed by atoms with Crippen LogP contribution in [0.3, 0.4) is 0 Å². The summed E-state index contributed by atoms with van der Waals surface area (Å²) in [6, 6.07) is 6.85. The van der Waals surface area contributed by atoms with Crippen molar-refractivity contribution in [1.82, 2.24) is 0 Å². The Morgan fingerprint density at radius 1 is 1.42 bits per heavy atom. The van der Waals surface area contributed by atoms with Gasteiger partial charge in [0.1, 0.15) is 24.4 Å². The molecule has 0 amide bonds. The van der Waals surface area contributed by atoms with Crippen molar-refractivity contribution in [2.75, 3.05) is 0 Å². The number of aryl methyl sites for hydroxylation is 1. The molecule has 0 aliphatic heterocycles. The predicted octanol–water partition coefficient (Wildman–Crippen LogP) is 3.77. The number of benzene rings is 1. The lowest BCUT2D eigenvalue weighted by Crippen LogP contribution is -1.96. The van der Waals surface area contributed by atoms with Crippen LogP contribution in [0.25, 0.3) is 0 Å². The molecule has 0 fully saturated rings. The van der Waals surface area contributed by atoms with E-state index in [-0.39, 0.29) is 12.2 Å². The van der Waals surface area contributed by atoms with Gasteiger partial charge in [-0.05, 0) is 36.2 Å². The standard InChI is InChI=1S/C14H13ClO4/c1-2-9-5-11(3-4-13(9)15)19-8-12-6-10(7-18-12)14(16)17/h3-7H,2,8H2,1H3,(H,16,17). The zero-order valence-corrected chi connectivity index (χ0v) is 11.1. The maximum atomic E-state index is 10.7. The number of carboxylic acids is 1. The summed E-state index contributed by atoms with van der Waals surface area (Å²) in [4.78, 5) is 10.7. The molecule has 100 valence electrons. The van der Waals surface area contributed by atoms with Gasteiger partial charge in [0.2, 0.25) is 0 Å². The third kappa shape index (κ3) is 3.29. The number of ether oxygens (including phenoxy) is 1. The second kappa shape index (κ2) is 5.80. The van der Waals surface area contributed by atoms with Crippen LogP contribution in [0.15, 0.2) is 34.9 Å². The molecule has 1 aromatic heterocycles. The largest absolute Gasteiger partial charge is 0.486 e. The van der Waals surface area contributed by atoms with Gasteiger partial charge in [0, 0.05) is 5.02 Å². The Kier molecular flexibility index (Phi) is 4.12. The molecule has 0 saturated heterocycles. The summed E-state index contributed by atoms with van der Waals surface area (Å²) in [5.41, 5.74) is 1.12. The molecule has 0 unspecified atom stereocenters. The van der Waals surface area contributed by atoms with E-state index in [1.54, 1.807) is 12.1 Å². The van der Waals surface area contributed by atoms with E-state index in [0.717, 1.165) is 12.0 Å². The maximum absolute atomic E-state index is 10.7. The van der Waals surface area contributed by atoms with Crippen LogP contribution in [-0.2, 0) is 13.0 Å². The Morgan fingerprint density at radius 2 is 2.21 bits per heavy atom. The fourth-order valence-electron chi connectivity index (χ4n) is 1.63. The number of halogens is 1. The topological polar surface area (TPSA) is 59.7 Å². The molecule has 4 nitrogen and oxygen atoms in total. The first kappa shape index (κ1) is 13.5. The van der Waals surface area contributed by atoms with Crippen molar-refractivity contribution >= 4 is 17.6 Å². The Labute approximate surface area is 115 Å². The zero-order chi connectivity index (χ0) is 13.8. The summed E-state index contributed by atoms with van der Waals surface area (Å²) in [7, 11) is 0. The zero-order valence-electron chi connectivity index (χ0n) is 10.4. The molecule has 0 saturated carbocycles. The van der Waals surface area contributed by atoms with Gasteiger partial charge in [0.15, 0.2) is 0 Å². The molecule has 1 heterocycles. The molecule has 2 rings (SSSR count). The first-order valence-corrected chi connectivity index (χ1v) is 6.20. The Balaban J connectivity index is 2.03. The van der Waals surface area contributed by atoms with E-state index in [1.165, 1.54) is 12.3 Å². The third-order valence-corrected chi connectivity index (χ3v) is 3.05. The molecular weight excluding hydrogens is 268 g/mol. The van der Waals surface area contributed by atoms with Crippen molar-refractivity contribution in [3.05, 3.63) is 52.4 Å². The quantitative estimate of drug-likeness (QED) is 0.905. The van der Waals surface area contributed by atoms with Crippen LogP contribution in [-0.4, -0.2) is 11.1 Å². The molecule has 19 heavy (non-hydrogen) atoms. The van der Waals surface area contributed by atoms with Crippen molar-refractivity contribution in [2.24, 2.45) is 0 Å². The van der Waals surface area contributed by atoms with Gasteiger partial charge >= 0.3 is 5.97 Å². The minimum Gasteiger partial charge on any atom is -0.486 e. The van der Waals surface area contributed by atoms with Crippen LogP contribution in [0, 0.1) is 0 Å². The van der Waals surface area contributed by atoms with Gasteiger partial charge < -0.3 is 14.3 Å². The molecule has 1 aromatic carbocycles. The molecule has 5 heteroatoms. The highest BCUT2D eigenvalue weighted by Gasteiger charge is 2.09. The molecule has 0 atom stereocenters. The molecular formula is C14H13ClO4. The van der Waals surface area contributed by atoms with E-state index in [1.807, 2.05) is 13.0 Å². The Morgan fingerprint density at radius 3 is 2.84 bits per heavy atom. The smallest absolute Gasteiger partial charge is 0.338 e. The van der Waals surface area contributed by atoms with Gasteiger partial charge in [-0.15, -0.1) is 0 Å². The number of furan rings is 1. The van der Waals surface area contributed by atoms with Crippen LogP contribution in [0.2, 0.25) is 5.02 Å². The van der Waals surface area contributed by atoms with Crippen LogP contribution < -0.4 is 4.74 Å². The van der Waals surface area contributed by atoms with Crippen LogP contribution in [0.1, 0.15) is 28.6 Å². The van der Waals surface area contributed by atoms with Gasteiger partial charge in [-0.25, -0.2) is 4.79 Å². The lowest BCUT2D eigenvalue weighted by molar-refractivity contribution is 0.0696. The molecule has 0 aliphatic carbocycles. The van der Waals surface area contributed by atoms with E-state index in [9.17, 15) is 4.79 Å². The van der Waals surface area contributed by atoms with Crippen molar-refractivity contribution in [3.63, 3.8) is 0 Å². The van der Waals surface area contributed by atoms with Gasteiger partial charge in [-0.3, -0.25) is 0 Å². The number of carbonyl (C=O) groups is 1. The first-order chi connectivity index (χ1) is 9.10. The Hall–Kier alpha value is -1.94. The Bertz CT molecular complexity index is 589. The summed E-state index contributed by atoms with van der Waals surface area (Å²) in [6.07, 6.45) is 2.01. The number of aromatic carboxylic acids is 1. The van der Waals surface area contributed by atoms with Crippen molar-refractivity contribution < 1.29 is 19.1 Å². The van der Waals surface area contributed by atoms with Gasteiger partial charge in [0.25, 0.3) is 0 Å². The summed E-state index contributed by atoms with van der Waals surface area (Å²) in [6.45, 7) is 2.19. The molecule has 2 aromatic rings. The molecule has 0 aliphatic rings. The fourth-order valence-corrected chi connectivity index (χ4v) is 1.89. The monoisotopic (exact) mass is 280 g/mol. The third-order valence-electron chi connectivity index (χ3n) is 2.68. The molecule has 0 radical (unpaired) electrons. The number of rotatable bonds is 5. The van der Waals surface area contributed by atoms with Crippen molar-refractivity contribution in [3.8, 4) is 5.75 Å². The summed E-state index contributed by atoms with van der Waals surface area (Å²) in [5.74, 6) is 0.120. The average Bonchev–Trinajstić information content (AvgIpc) is 2.87. The highest BCUT2D eigenvalue weighted by molar-refractivity contribution is 6.31. The number of carboxylic acid groups (broad SMARTS) is 1. The molecule has 0 bridgehead atoms. The summed E-state index contributed by atoms with van der Waals surface area (Å²) >= 11 is 6.01. The molecule has 1 N–H and O–H groups in total. The van der Waals surface area contributed by atoms with E-state index < -0.39 is 5.97 Å². The first-order valence-electron chi connectivity index (χ1n) is 5.82. The van der Waals surface area contributed by atoms with Crippen LogP contribution >= 0.6 is 11.6 Å². The van der Waals surface area contributed by atoms with Crippen molar-refractivity contribution in [1.29, 1.82) is 0 Å². The van der Waals surface area contributed by atoms with Gasteiger partial charge in [-0.1, -0.05) is 18.5 Å². The highest BCUT2D eigenvalue weighted by atomic mass is 35.5. The summed E-state index contributed by atoms with van der Waals surface area (Å²) in [5, 5.41) is 9.48. The highest BCUT2D eigenvalue weighted by Crippen LogP contribution is 2.23. The van der Waals surface area contributed by atoms with Crippen LogP contribution in [0.4, 0.5) is 0 Å². The lowest BCUT2D eigenvalue weighted by atomic mass is 10.1. The minimum absolute atomic E-state index is 0.115. The van der Waals surface area contributed by atoms with E-state index in [0.29, 0.717) is 16.5 Å².